The smallest absolute Gasteiger partial charge is 0.251 e. The molecule has 0 aromatic heterocycles. The monoisotopic (exact) mass is 325 g/mol. The summed E-state index contributed by atoms with van der Waals surface area (Å²) in [4.78, 5) is 14.9. The van der Waals surface area contributed by atoms with E-state index in [1.54, 1.807) is 5.56 Å². The average Bonchev–Trinajstić information content (AvgIpc) is 3.40. The zero-order chi connectivity index (χ0) is 16.1. The zero-order valence-corrected chi connectivity index (χ0v) is 14.4. The Morgan fingerprint density at radius 3 is 2.62 bits per heavy atom. The summed E-state index contributed by atoms with van der Waals surface area (Å²) < 4.78 is 5.84. The summed E-state index contributed by atoms with van der Waals surface area (Å²) in [6, 6.07) is 8.91. The Bertz CT molecular complexity index is 647. The zero-order valence-electron chi connectivity index (χ0n) is 14.4. The lowest BCUT2D eigenvalue weighted by molar-refractivity contribution is -0.149. The van der Waals surface area contributed by atoms with Crippen LogP contribution in [-0.2, 0) is 22.4 Å². The first-order valence-corrected chi connectivity index (χ1v) is 9.70. The maximum absolute atomic E-state index is 12.8. The Labute approximate surface area is 144 Å². The Hall–Kier alpha value is -1.35. The minimum Gasteiger partial charge on any atom is -0.368 e. The van der Waals surface area contributed by atoms with E-state index in [1.165, 1.54) is 31.2 Å². The first-order valence-electron chi connectivity index (χ1n) is 9.70. The molecule has 0 N–H and O–H groups in total. The van der Waals surface area contributed by atoms with E-state index in [2.05, 4.69) is 29.2 Å². The highest BCUT2D eigenvalue weighted by atomic mass is 16.5. The molecule has 0 radical (unpaired) electrons. The molecule has 4 aliphatic rings. The van der Waals surface area contributed by atoms with Crippen LogP contribution in [-0.4, -0.2) is 36.6 Å². The molecule has 3 nitrogen and oxygen atoms in total. The number of carbonyl (C=O) groups is 1. The standard InChI is InChI=1S/C21H27NO2/c23-20(19-12-17-11-18(17)14-24-19)22-9-7-21(8-10-22)6-5-15-3-1-2-4-16(15)13-21/h1-4,17-19H,5-14H2. The van der Waals surface area contributed by atoms with Gasteiger partial charge < -0.3 is 9.64 Å². The first kappa shape index (κ1) is 14.9. The number of rotatable bonds is 1. The van der Waals surface area contributed by atoms with E-state index in [0.29, 0.717) is 5.41 Å². The molecular formula is C21H27NO2. The molecule has 3 fully saturated rings. The third kappa shape index (κ3) is 2.57. The summed E-state index contributed by atoms with van der Waals surface area (Å²) in [7, 11) is 0. The van der Waals surface area contributed by atoms with Crippen LogP contribution >= 0.6 is 0 Å². The third-order valence-electron chi connectivity index (χ3n) is 7.12. The highest BCUT2D eigenvalue weighted by Crippen LogP contribution is 2.47. The van der Waals surface area contributed by atoms with Crippen LogP contribution in [0.1, 0.15) is 43.2 Å². The molecule has 3 atom stereocenters. The van der Waals surface area contributed by atoms with E-state index in [0.717, 1.165) is 50.8 Å². The normalized spacial score (nSPS) is 33.7. The molecule has 2 heterocycles. The SMILES string of the molecule is O=C(C1CC2CC2CO1)N1CCC2(CCc3ccccc3C2)CC1. The van der Waals surface area contributed by atoms with E-state index in [9.17, 15) is 4.79 Å². The van der Waals surface area contributed by atoms with Gasteiger partial charge in [-0.05, 0) is 73.3 Å². The number of amides is 1. The number of hydrogen-bond acceptors (Lipinski definition) is 2. The molecule has 3 unspecified atom stereocenters. The quantitative estimate of drug-likeness (QED) is 0.793. The predicted molar refractivity (Wildman–Crippen MR) is 92.7 cm³/mol. The Kier molecular flexibility index (Phi) is 3.48. The van der Waals surface area contributed by atoms with Gasteiger partial charge in [0.05, 0.1) is 6.61 Å². The van der Waals surface area contributed by atoms with Crippen molar-refractivity contribution in [3.8, 4) is 0 Å². The van der Waals surface area contributed by atoms with Gasteiger partial charge >= 0.3 is 0 Å². The second-order valence-corrected chi connectivity index (χ2v) is 8.58. The molecule has 1 aromatic carbocycles. The minimum absolute atomic E-state index is 0.144. The maximum Gasteiger partial charge on any atom is 0.251 e. The van der Waals surface area contributed by atoms with Crippen LogP contribution in [0.3, 0.4) is 0 Å². The molecule has 1 aromatic rings. The molecule has 2 aliphatic heterocycles. The summed E-state index contributed by atoms with van der Waals surface area (Å²) >= 11 is 0. The molecule has 0 bridgehead atoms. The lowest BCUT2D eigenvalue weighted by atomic mass is 9.66. The third-order valence-corrected chi connectivity index (χ3v) is 7.12. The molecular weight excluding hydrogens is 298 g/mol. The number of likely N-dealkylation sites (tertiary alicyclic amines) is 1. The Morgan fingerprint density at radius 1 is 1.04 bits per heavy atom. The predicted octanol–water partition coefficient (Wildman–Crippen LogP) is 3.21. The molecule has 1 amide bonds. The van der Waals surface area contributed by atoms with E-state index >= 15 is 0 Å². The van der Waals surface area contributed by atoms with Crippen molar-refractivity contribution in [3.05, 3.63) is 35.4 Å². The summed E-state index contributed by atoms with van der Waals surface area (Å²) in [5.74, 6) is 1.81. The van der Waals surface area contributed by atoms with Gasteiger partial charge in [-0.3, -0.25) is 4.79 Å². The number of carbonyl (C=O) groups excluding carboxylic acids is 1. The fourth-order valence-electron chi connectivity index (χ4n) is 5.26. The lowest BCUT2D eigenvalue weighted by Crippen LogP contribution is -2.49. The lowest BCUT2D eigenvalue weighted by Gasteiger charge is -2.45. The maximum atomic E-state index is 12.8. The van der Waals surface area contributed by atoms with Gasteiger partial charge in [0.25, 0.3) is 5.91 Å². The van der Waals surface area contributed by atoms with Gasteiger partial charge in [-0.15, -0.1) is 0 Å². The van der Waals surface area contributed by atoms with Gasteiger partial charge in [0, 0.05) is 13.1 Å². The summed E-state index contributed by atoms with van der Waals surface area (Å²) in [6.07, 6.45) is 8.13. The fraction of sp³-hybridized carbons (Fsp3) is 0.667. The van der Waals surface area contributed by atoms with E-state index in [4.69, 9.17) is 4.74 Å². The number of nitrogens with zero attached hydrogens (tertiary/aromatic N) is 1. The number of fused-ring (bicyclic) bond motifs is 2. The number of ether oxygens (including phenoxy) is 1. The van der Waals surface area contributed by atoms with Crippen LogP contribution in [0.2, 0.25) is 0 Å². The fourth-order valence-corrected chi connectivity index (χ4v) is 5.26. The summed E-state index contributed by atoms with van der Waals surface area (Å²) in [5.41, 5.74) is 3.51. The van der Waals surface area contributed by atoms with Gasteiger partial charge in [-0.2, -0.15) is 0 Å². The second kappa shape index (κ2) is 5.59. The molecule has 2 aliphatic carbocycles. The first-order chi connectivity index (χ1) is 11.7. The van der Waals surface area contributed by atoms with Crippen molar-refractivity contribution in [2.24, 2.45) is 17.3 Å². The number of benzene rings is 1. The molecule has 5 rings (SSSR count). The van der Waals surface area contributed by atoms with Crippen molar-refractivity contribution in [1.29, 1.82) is 0 Å². The Morgan fingerprint density at radius 2 is 1.83 bits per heavy atom. The molecule has 24 heavy (non-hydrogen) atoms. The number of aryl methyl sites for hydroxylation is 1. The van der Waals surface area contributed by atoms with Gasteiger partial charge in [-0.1, -0.05) is 24.3 Å². The topological polar surface area (TPSA) is 29.5 Å². The van der Waals surface area contributed by atoms with Crippen LogP contribution in [0.25, 0.3) is 0 Å². The van der Waals surface area contributed by atoms with E-state index in [1.807, 2.05) is 0 Å². The van der Waals surface area contributed by atoms with E-state index < -0.39 is 0 Å². The van der Waals surface area contributed by atoms with Crippen LogP contribution < -0.4 is 0 Å². The second-order valence-electron chi connectivity index (χ2n) is 8.58. The molecule has 128 valence electrons. The number of piperidine rings is 1. The summed E-state index contributed by atoms with van der Waals surface area (Å²) in [6.45, 7) is 2.67. The van der Waals surface area contributed by atoms with Crippen molar-refractivity contribution in [1.82, 2.24) is 4.90 Å². The largest absolute Gasteiger partial charge is 0.368 e. The summed E-state index contributed by atoms with van der Waals surface area (Å²) in [5, 5.41) is 0. The van der Waals surface area contributed by atoms with E-state index in [-0.39, 0.29) is 12.0 Å². The van der Waals surface area contributed by atoms with Crippen molar-refractivity contribution >= 4 is 5.91 Å². The van der Waals surface area contributed by atoms with Crippen molar-refractivity contribution in [3.63, 3.8) is 0 Å². The van der Waals surface area contributed by atoms with Gasteiger partial charge in [0.2, 0.25) is 0 Å². The van der Waals surface area contributed by atoms with Crippen molar-refractivity contribution in [2.75, 3.05) is 19.7 Å². The van der Waals surface area contributed by atoms with Gasteiger partial charge in [-0.25, -0.2) is 0 Å². The molecule has 2 saturated heterocycles. The van der Waals surface area contributed by atoms with Crippen LogP contribution in [0.15, 0.2) is 24.3 Å². The van der Waals surface area contributed by atoms with Crippen LogP contribution in [0.4, 0.5) is 0 Å². The number of hydrogen-bond donors (Lipinski definition) is 0. The average molecular weight is 325 g/mol. The van der Waals surface area contributed by atoms with Crippen molar-refractivity contribution in [2.45, 2.75) is 51.0 Å². The molecule has 3 heteroatoms. The Balaban J connectivity index is 1.22. The highest BCUT2D eigenvalue weighted by Gasteiger charge is 2.46. The highest BCUT2D eigenvalue weighted by molar-refractivity contribution is 5.81. The minimum atomic E-state index is -0.144. The molecule has 1 spiro atoms. The van der Waals surface area contributed by atoms with Gasteiger partial charge in [0.15, 0.2) is 0 Å². The van der Waals surface area contributed by atoms with Crippen LogP contribution in [0.5, 0.6) is 0 Å². The van der Waals surface area contributed by atoms with Gasteiger partial charge in [0.1, 0.15) is 6.10 Å². The van der Waals surface area contributed by atoms with Crippen molar-refractivity contribution < 1.29 is 9.53 Å². The van der Waals surface area contributed by atoms with Crippen LogP contribution in [0, 0.1) is 17.3 Å². The molecule has 1 saturated carbocycles.